The number of aromatic nitrogens is 3. The van der Waals surface area contributed by atoms with E-state index in [-0.39, 0.29) is 16.9 Å². The summed E-state index contributed by atoms with van der Waals surface area (Å²) in [7, 11) is -3.58. The number of piperidine rings is 1. The highest BCUT2D eigenvalue weighted by Crippen LogP contribution is 2.39. The minimum absolute atomic E-state index is 0.119. The lowest BCUT2D eigenvalue weighted by Crippen LogP contribution is -2.44. The topological polar surface area (TPSA) is 134 Å². The normalized spacial score (nSPS) is 15.8. The van der Waals surface area contributed by atoms with Gasteiger partial charge < -0.3 is 20.1 Å². The maximum atomic E-state index is 13.2. The fourth-order valence-corrected chi connectivity index (χ4v) is 7.29. The lowest BCUT2D eigenvalue weighted by molar-refractivity contribution is -0.333. The number of anilines is 4. The summed E-state index contributed by atoms with van der Waals surface area (Å²) in [5, 5.41) is 16.3. The van der Waals surface area contributed by atoms with E-state index in [9.17, 15) is 26.7 Å². The molecule has 0 aliphatic carbocycles. The number of aromatic amines is 2. The molecule has 5 N–H and O–H groups in total. The van der Waals surface area contributed by atoms with Crippen LogP contribution in [0.4, 0.5) is 36.3 Å². The fourth-order valence-electron chi connectivity index (χ4n) is 6.08. The van der Waals surface area contributed by atoms with Gasteiger partial charge in [0.2, 0.25) is 11.5 Å². The number of halogens is 3. The number of alkyl halides is 3. The first kappa shape index (κ1) is 35.4. The molecule has 48 heavy (non-hydrogen) atoms. The maximum absolute atomic E-state index is 13.2. The number of likely N-dealkylation sites (tertiary alicyclic amines) is 1. The Balaban J connectivity index is 1.45. The molecule has 0 unspecified atom stereocenters. The third-order valence-corrected chi connectivity index (χ3v) is 10.9. The number of fused-ring (bicyclic) bond motifs is 1. The Kier molecular flexibility index (Phi) is 10.3. The van der Waals surface area contributed by atoms with Crippen molar-refractivity contribution in [3.8, 4) is 5.75 Å². The van der Waals surface area contributed by atoms with Crippen LogP contribution < -0.4 is 20.4 Å². The number of hydrogen-bond acceptors (Lipinski definition) is 8. The molecule has 14 heteroatoms. The number of hydrogen-bond donors (Lipinski definition) is 4. The molecule has 1 saturated heterocycles. The molecule has 1 fully saturated rings. The van der Waals surface area contributed by atoms with E-state index in [0.29, 0.717) is 60.5 Å². The Bertz CT molecular complexity index is 1870. The first-order chi connectivity index (χ1) is 22.5. The maximum Gasteiger partial charge on any atom is 0.415 e. The molecule has 0 saturated carbocycles. The van der Waals surface area contributed by atoms with Crippen molar-refractivity contribution in [1.29, 1.82) is 0 Å². The van der Waals surface area contributed by atoms with Crippen molar-refractivity contribution < 1.29 is 36.4 Å². The largest absolute Gasteiger partial charge is 0.488 e. The van der Waals surface area contributed by atoms with Crippen molar-refractivity contribution in [2.45, 2.75) is 88.8 Å². The Morgan fingerprint density at radius 1 is 1.06 bits per heavy atom. The van der Waals surface area contributed by atoms with Gasteiger partial charge in [-0.1, -0.05) is 17.1 Å². The second kappa shape index (κ2) is 13.9. The zero-order valence-corrected chi connectivity index (χ0v) is 28.8. The van der Waals surface area contributed by atoms with Crippen LogP contribution >= 0.6 is 0 Å². The van der Waals surface area contributed by atoms with Crippen LogP contribution in [0.3, 0.4) is 0 Å². The Morgan fingerprint density at radius 3 is 2.40 bits per heavy atom. The van der Waals surface area contributed by atoms with E-state index in [1.54, 1.807) is 43.0 Å². The lowest BCUT2D eigenvalue weighted by Gasteiger charge is -2.34. The Hall–Kier alpha value is -3.88. The van der Waals surface area contributed by atoms with Gasteiger partial charge >= 0.3 is 12.1 Å². The van der Waals surface area contributed by atoms with Gasteiger partial charge in [0.05, 0.1) is 21.9 Å². The van der Waals surface area contributed by atoms with E-state index in [4.69, 9.17) is 9.72 Å². The number of nitrogens with one attached hydrogen (secondary N) is 4. The molecule has 260 valence electrons. The number of aliphatic hydroxyl groups excluding tert-OH is 1. The Labute approximate surface area is 279 Å². The molecular formula is C34H44F3N6O4S+. The van der Waals surface area contributed by atoms with Gasteiger partial charge in [-0.2, -0.15) is 13.2 Å². The van der Waals surface area contributed by atoms with Crippen molar-refractivity contribution in [2.24, 2.45) is 0 Å². The van der Waals surface area contributed by atoms with E-state index in [1.807, 2.05) is 46.0 Å². The van der Waals surface area contributed by atoms with Crippen molar-refractivity contribution in [2.75, 3.05) is 30.3 Å². The third-order valence-electron chi connectivity index (χ3n) is 8.67. The van der Waals surface area contributed by atoms with Gasteiger partial charge in [-0.05, 0) is 114 Å². The molecule has 5 rings (SSSR count). The summed E-state index contributed by atoms with van der Waals surface area (Å²) >= 11 is 0. The minimum Gasteiger partial charge on any atom is -0.488 e. The molecule has 4 aromatic rings. The van der Waals surface area contributed by atoms with Crippen molar-refractivity contribution >= 4 is 44.0 Å². The smallest absolute Gasteiger partial charge is 0.415 e. The average molecular weight is 690 g/mol. The quantitative estimate of drug-likeness (QED) is 0.139. The number of nitrogens with zero attached hydrogens (tertiary/aromatic N) is 2. The predicted molar refractivity (Wildman–Crippen MR) is 180 cm³/mol. The SMILES string of the molecule is Cc1cc(Nc2nc(Nc3ccccc3S(=O)(=O)C(C)C)c3c(C)c[nH]c3[nH+]2)c(OC(C)C)cc1C1CCN(C[C@@H](O)C(F)(F)F)CC1. The number of ether oxygens (including phenoxy) is 1. The van der Waals surface area contributed by atoms with Gasteiger partial charge in [-0.15, -0.1) is 0 Å². The molecule has 0 bridgehead atoms. The first-order valence-electron chi connectivity index (χ1n) is 16.1. The van der Waals surface area contributed by atoms with E-state index in [0.717, 1.165) is 22.1 Å². The summed E-state index contributed by atoms with van der Waals surface area (Å²) in [5.74, 6) is 1.56. The number of β-amino-alcohol motifs (C(OH)–C–C–N with tert-alkyl or cyclic N) is 1. The molecule has 1 atom stereocenters. The van der Waals surface area contributed by atoms with E-state index >= 15 is 0 Å². The number of H-pyrrole nitrogens is 2. The molecule has 10 nitrogen and oxygen atoms in total. The van der Waals surface area contributed by atoms with Gasteiger partial charge in [0.1, 0.15) is 11.1 Å². The predicted octanol–water partition coefficient (Wildman–Crippen LogP) is 6.55. The van der Waals surface area contributed by atoms with Crippen LogP contribution in [0.25, 0.3) is 11.0 Å². The van der Waals surface area contributed by atoms with Crippen LogP contribution in [0.5, 0.6) is 5.75 Å². The van der Waals surface area contributed by atoms with Gasteiger partial charge in [0.25, 0.3) is 0 Å². The number of rotatable bonds is 11. The summed E-state index contributed by atoms with van der Waals surface area (Å²) in [6.45, 7) is 11.5. The van der Waals surface area contributed by atoms with Gasteiger partial charge in [0, 0.05) is 12.7 Å². The summed E-state index contributed by atoms with van der Waals surface area (Å²) in [6.07, 6.45) is -3.98. The minimum atomic E-state index is -4.63. The number of para-hydroxylation sites is 1. The highest BCUT2D eigenvalue weighted by Gasteiger charge is 2.39. The molecule has 1 aliphatic heterocycles. The zero-order chi connectivity index (χ0) is 35.0. The molecule has 0 spiro atoms. The van der Waals surface area contributed by atoms with Crippen LogP contribution in [-0.2, 0) is 9.84 Å². The van der Waals surface area contributed by atoms with E-state index in [1.165, 1.54) is 0 Å². The Morgan fingerprint density at radius 2 is 1.75 bits per heavy atom. The van der Waals surface area contributed by atoms with E-state index in [2.05, 4.69) is 20.6 Å². The van der Waals surface area contributed by atoms with E-state index < -0.39 is 33.9 Å². The zero-order valence-electron chi connectivity index (χ0n) is 28.0. The third kappa shape index (κ3) is 7.71. The lowest BCUT2D eigenvalue weighted by atomic mass is 9.86. The molecule has 2 aromatic carbocycles. The summed E-state index contributed by atoms with van der Waals surface area (Å²) in [6, 6.07) is 10.7. The number of aliphatic hydroxyl groups is 1. The highest BCUT2D eigenvalue weighted by atomic mass is 32.2. The van der Waals surface area contributed by atoms with Crippen LogP contribution in [-0.4, -0.2) is 71.7 Å². The van der Waals surface area contributed by atoms with Crippen LogP contribution in [0.15, 0.2) is 47.5 Å². The highest BCUT2D eigenvalue weighted by molar-refractivity contribution is 7.92. The fraction of sp³-hybridized carbons (Fsp3) is 0.471. The number of aryl methyl sites for hydroxylation is 2. The average Bonchev–Trinajstić information content (AvgIpc) is 3.38. The van der Waals surface area contributed by atoms with Gasteiger partial charge in [-0.25, -0.2) is 13.4 Å². The monoisotopic (exact) mass is 689 g/mol. The number of benzene rings is 2. The molecule has 1 aliphatic rings. The summed E-state index contributed by atoms with van der Waals surface area (Å²) in [5.41, 5.74) is 4.72. The van der Waals surface area contributed by atoms with Crippen LogP contribution in [0.2, 0.25) is 0 Å². The number of sulfone groups is 1. The first-order valence-corrected chi connectivity index (χ1v) is 17.7. The van der Waals surface area contributed by atoms with Gasteiger partial charge in [-0.3, -0.25) is 10.3 Å². The van der Waals surface area contributed by atoms with Crippen LogP contribution in [0.1, 0.15) is 63.1 Å². The summed E-state index contributed by atoms with van der Waals surface area (Å²) < 4.78 is 71.3. The molecule has 0 amide bonds. The van der Waals surface area contributed by atoms with Gasteiger partial charge in [0.15, 0.2) is 21.7 Å². The molecule has 2 aromatic heterocycles. The molecular weight excluding hydrogens is 645 g/mol. The molecule has 3 heterocycles. The van der Waals surface area contributed by atoms with Crippen molar-refractivity contribution in [3.63, 3.8) is 0 Å². The summed E-state index contributed by atoms with van der Waals surface area (Å²) in [4.78, 5) is 13.2. The van der Waals surface area contributed by atoms with Crippen molar-refractivity contribution in [3.05, 3.63) is 59.3 Å². The second-order valence-corrected chi connectivity index (χ2v) is 15.5. The van der Waals surface area contributed by atoms with Crippen molar-refractivity contribution in [1.82, 2.24) is 14.9 Å². The standard InChI is InChI=1S/C34H43F3N6O4S/c1-19(2)47-27-16-24(23-11-13-43(14-12-23)18-29(44)34(35,36)37)21(5)15-26(27)40-33-41-31-30(22(6)17-38-31)32(42-33)39-25-9-7-8-10-28(25)48(45,46)20(3)4/h7-10,15-17,19-20,23,29,44H,11-14,18H2,1-6H3,(H3,38,39,40,41,42)/p+1/t29-/m1/s1. The molecule has 0 radical (unpaired) electrons. The van der Waals surface area contributed by atoms with Crippen LogP contribution in [0, 0.1) is 13.8 Å². The second-order valence-electron chi connectivity index (χ2n) is 13.0.